The first kappa shape index (κ1) is 17.6. The Hall–Kier alpha value is -2.76. The lowest BCUT2D eigenvalue weighted by molar-refractivity contribution is -0.116. The van der Waals surface area contributed by atoms with Crippen molar-refractivity contribution in [3.63, 3.8) is 0 Å². The van der Waals surface area contributed by atoms with Crippen molar-refractivity contribution in [3.8, 4) is 11.5 Å². The van der Waals surface area contributed by atoms with Gasteiger partial charge in [0.1, 0.15) is 13.2 Å². The molecule has 0 bridgehead atoms. The number of benzene rings is 1. The molecule has 1 amide bonds. The minimum atomic E-state index is -0.0809. The zero-order chi connectivity index (χ0) is 18.7. The van der Waals surface area contributed by atoms with Crippen LogP contribution in [0.15, 0.2) is 36.7 Å². The van der Waals surface area contributed by atoms with Crippen LogP contribution < -0.4 is 14.8 Å². The Kier molecular flexibility index (Phi) is 4.88. The third-order valence-electron chi connectivity index (χ3n) is 5.47. The van der Waals surface area contributed by atoms with Crippen molar-refractivity contribution in [1.82, 2.24) is 15.1 Å². The largest absolute Gasteiger partial charge is 0.486 e. The lowest BCUT2D eigenvalue weighted by Crippen LogP contribution is -2.38. The molecular formula is C21H25N3O3. The maximum Gasteiger partial charge on any atom is 0.244 e. The Morgan fingerprint density at radius 1 is 1.26 bits per heavy atom. The fourth-order valence-electron chi connectivity index (χ4n) is 4.01. The van der Waals surface area contributed by atoms with Crippen molar-refractivity contribution >= 4 is 12.0 Å². The van der Waals surface area contributed by atoms with Crippen LogP contribution in [0.5, 0.6) is 11.5 Å². The molecule has 2 heterocycles. The summed E-state index contributed by atoms with van der Waals surface area (Å²) in [5.74, 6) is 1.54. The number of aromatic nitrogens is 2. The predicted octanol–water partition coefficient (Wildman–Crippen LogP) is 2.83. The van der Waals surface area contributed by atoms with E-state index in [1.54, 1.807) is 23.0 Å². The number of rotatable bonds is 5. The molecular weight excluding hydrogens is 342 g/mol. The molecule has 2 aromatic rings. The van der Waals surface area contributed by atoms with Gasteiger partial charge in [0.2, 0.25) is 5.91 Å². The number of hydrogen-bond acceptors (Lipinski definition) is 4. The molecule has 142 valence electrons. The predicted molar refractivity (Wildman–Crippen MR) is 103 cm³/mol. The molecule has 1 fully saturated rings. The van der Waals surface area contributed by atoms with Crippen LogP contribution in [-0.4, -0.2) is 35.4 Å². The number of fused-ring (bicyclic) bond motifs is 1. The summed E-state index contributed by atoms with van der Waals surface area (Å²) in [4.78, 5) is 12.3. The fraction of sp³-hybridized carbons (Fsp3) is 0.429. The van der Waals surface area contributed by atoms with Crippen molar-refractivity contribution in [3.05, 3.63) is 47.8 Å². The van der Waals surface area contributed by atoms with Gasteiger partial charge in [0.15, 0.2) is 11.5 Å². The summed E-state index contributed by atoms with van der Waals surface area (Å²) in [6.07, 6.45) is 11.5. The second-order valence-electron chi connectivity index (χ2n) is 7.34. The summed E-state index contributed by atoms with van der Waals surface area (Å²) in [5.41, 5.74) is 2.10. The van der Waals surface area contributed by atoms with E-state index in [1.807, 2.05) is 19.3 Å². The molecule has 0 saturated heterocycles. The molecule has 6 heteroatoms. The summed E-state index contributed by atoms with van der Waals surface area (Å²) in [6.45, 7) is 1.80. The first-order valence-corrected chi connectivity index (χ1v) is 9.49. The van der Waals surface area contributed by atoms with E-state index in [0.717, 1.165) is 29.9 Å². The quantitative estimate of drug-likeness (QED) is 0.826. The van der Waals surface area contributed by atoms with Crippen LogP contribution in [0.1, 0.15) is 36.8 Å². The Bertz CT molecular complexity index is 850. The second-order valence-corrected chi connectivity index (χ2v) is 7.34. The minimum absolute atomic E-state index is 0.0341. The van der Waals surface area contributed by atoms with Crippen LogP contribution in [0.3, 0.4) is 0 Å². The van der Waals surface area contributed by atoms with Gasteiger partial charge in [-0.1, -0.05) is 18.9 Å². The van der Waals surface area contributed by atoms with Gasteiger partial charge in [-0.25, -0.2) is 0 Å². The van der Waals surface area contributed by atoms with Gasteiger partial charge in [0, 0.05) is 36.8 Å². The molecule has 0 atom stereocenters. The number of hydrogen-bond donors (Lipinski definition) is 1. The summed E-state index contributed by atoms with van der Waals surface area (Å²) in [6, 6.07) is 6.21. The van der Waals surface area contributed by atoms with Gasteiger partial charge in [-0.2, -0.15) is 5.10 Å². The zero-order valence-corrected chi connectivity index (χ0v) is 15.6. The lowest BCUT2D eigenvalue weighted by Gasteiger charge is -2.31. The highest BCUT2D eigenvalue weighted by molar-refractivity contribution is 5.91. The molecule has 1 N–H and O–H groups in total. The Balaban J connectivity index is 1.46. The van der Waals surface area contributed by atoms with E-state index in [2.05, 4.69) is 22.5 Å². The summed E-state index contributed by atoms with van der Waals surface area (Å²) >= 11 is 0. The van der Waals surface area contributed by atoms with E-state index in [1.165, 1.54) is 18.4 Å². The highest BCUT2D eigenvalue weighted by Crippen LogP contribution is 2.43. The second kappa shape index (κ2) is 7.47. The zero-order valence-electron chi connectivity index (χ0n) is 15.6. The average Bonchev–Trinajstić information content (AvgIpc) is 3.34. The lowest BCUT2D eigenvalue weighted by atomic mass is 9.78. The molecule has 1 aliphatic heterocycles. The number of ether oxygens (including phenoxy) is 2. The third-order valence-corrected chi connectivity index (χ3v) is 5.47. The Morgan fingerprint density at radius 3 is 2.78 bits per heavy atom. The molecule has 1 aliphatic carbocycles. The molecule has 1 aromatic heterocycles. The molecule has 4 rings (SSSR count). The van der Waals surface area contributed by atoms with Crippen molar-refractivity contribution in [1.29, 1.82) is 0 Å². The molecule has 27 heavy (non-hydrogen) atoms. The van der Waals surface area contributed by atoms with E-state index < -0.39 is 0 Å². The van der Waals surface area contributed by atoms with Crippen LogP contribution in [0.2, 0.25) is 0 Å². The highest BCUT2D eigenvalue weighted by atomic mass is 16.6. The molecule has 2 aliphatic rings. The van der Waals surface area contributed by atoms with Gasteiger partial charge in [-0.3, -0.25) is 9.48 Å². The van der Waals surface area contributed by atoms with Crippen LogP contribution in [0.4, 0.5) is 0 Å². The van der Waals surface area contributed by atoms with Crippen molar-refractivity contribution in [2.75, 3.05) is 19.8 Å². The summed E-state index contributed by atoms with van der Waals surface area (Å²) < 4.78 is 13.1. The van der Waals surface area contributed by atoms with Crippen LogP contribution >= 0.6 is 0 Å². The molecule has 0 unspecified atom stereocenters. The highest BCUT2D eigenvalue weighted by Gasteiger charge is 2.36. The number of amides is 1. The van der Waals surface area contributed by atoms with Gasteiger partial charge in [-0.05, 0) is 36.6 Å². The van der Waals surface area contributed by atoms with Gasteiger partial charge in [0.25, 0.3) is 0 Å². The standard InChI is InChI=1S/C21H25N3O3/c1-24-14-16(13-23-24)4-7-20(25)22-15-21(8-2-3-9-21)17-5-6-18-19(12-17)27-11-10-26-18/h4-7,12-14H,2-3,8-11,15H2,1H3,(H,22,25). The molecule has 0 spiro atoms. The van der Waals surface area contributed by atoms with Crippen molar-refractivity contribution in [2.45, 2.75) is 31.1 Å². The first-order valence-electron chi connectivity index (χ1n) is 9.49. The smallest absolute Gasteiger partial charge is 0.244 e. The van der Waals surface area contributed by atoms with Crippen LogP contribution in [0.25, 0.3) is 6.08 Å². The van der Waals surface area contributed by atoms with E-state index in [4.69, 9.17) is 9.47 Å². The summed E-state index contributed by atoms with van der Waals surface area (Å²) in [5, 5.41) is 7.20. The maximum atomic E-state index is 12.3. The first-order chi connectivity index (χ1) is 13.1. The normalized spacial score (nSPS) is 18.0. The minimum Gasteiger partial charge on any atom is -0.486 e. The molecule has 1 aromatic carbocycles. The van der Waals surface area contributed by atoms with E-state index in [9.17, 15) is 4.79 Å². The maximum absolute atomic E-state index is 12.3. The number of nitrogens with one attached hydrogen (secondary N) is 1. The van der Waals surface area contributed by atoms with E-state index >= 15 is 0 Å². The molecule has 0 radical (unpaired) electrons. The van der Waals surface area contributed by atoms with Gasteiger partial charge in [0.05, 0.1) is 6.20 Å². The van der Waals surface area contributed by atoms with Crippen molar-refractivity contribution < 1.29 is 14.3 Å². The Morgan fingerprint density at radius 2 is 2.04 bits per heavy atom. The van der Waals surface area contributed by atoms with Gasteiger partial charge >= 0.3 is 0 Å². The number of carbonyl (C=O) groups is 1. The number of nitrogens with zero attached hydrogens (tertiary/aromatic N) is 2. The summed E-state index contributed by atoms with van der Waals surface area (Å²) in [7, 11) is 1.86. The van der Waals surface area contributed by atoms with E-state index in [-0.39, 0.29) is 11.3 Å². The Labute approximate surface area is 159 Å². The van der Waals surface area contributed by atoms with Gasteiger partial charge < -0.3 is 14.8 Å². The van der Waals surface area contributed by atoms with Gasteiger partial charge in [-0.15, -0.1) is 0 Å². The molecule has 1 saturated carbocycles. The van der Waals surface area contributed by atoms with Crippen LogP contribution in [-0.2, 0) is 17.3 Å². The monoisotopic (exact) mass is 367 g/mol. The van der Waals surface area contributed by atoms with Crippen molar-refractivity contribution in [2.24, 2.45) is 7.05 Å². The third kappa shape index (κ3) is 3.84. The average molecular weight is 367 g/mol. The van der Waals surface area contributed by atoms with Crippen LogP contribution in [0, 0.1) is 0 Å². The topological polar surface area (TPSA) is 65.4 Å². The molecule has 6 nitrogen and oxygen atoms in total. The fourth-order valence-corrected chi connectivity index (χ4v) is 4.01. The number of aryl methyl sites for hydroxylation is 1. The van der Waals surface area contributed by atoms with E-state index in [0.29, 0.717) is 19.8 Å². The number of carbonyl (C=O) groups excluding carboxylic acids is 1. The SMILES string of the molecule is Cn1cc(C=CC(=O)NCC2(c3ccc4c(c3)OCCO4)CCCC2)cn1.